The fraction of sp³-hybridized carbons (Fsp3) is 0.417. The van der Waals surface area contributed by atoms with Crippen molar-refractivity contribution in [1.29, 1.82) is 0 Å². The molecule has 0 heterocycles. The van der Waals surface area contributed by atoms with Crippen molar-refractivity contribution in [3.63, 3.8) is 0 Å². The molecule has 1 aromatic rings. The molecule has 1 amide bonds. The van der Waals surface area contributed by atoms with Crippen molar-refractivity contribution in [2.75, 3.05) is 18.5 Å². The molecule has 0 spiro atoms. The van der Waals surface area contributed by atoms with Gasteiger partial charge in [-0.15, -0.1) is 11.8 Å². The maximum Gasteiger partial charge on any atom is 0.416 e. The average molecular weight is 292 g/mol. The van der Waals surface area contributed by atoms with Gasteiger partial charge in [-0.25, -0.2) is 0 Å². The lowest BCUT2D eigenvalue weighted by Crippen LogP contribution is -2.17. The number of hydrogen-bond acceptors (Lipinski definition) is 3. The van der Waals surface area contributed by atoms with Gasteiger partial charge in [0.2, 0.25) is 5.91 Å². The van der Waals surface area contributed by atoms with Crippen molar-refractivity contribution < 1.29 is 18.0 Å². The van der Waals surface area contributed by atoms with Crippen LogP contribution in [0.1, 0.15) is 18.4 Å². The van der Waals surface area contributed by atoms with Crippen molar-refractivity contribution >= 4 is 23.4 Å². The van der Waals surface area contributed by atoms with Crippen LogP contribution in [0.2, 0.25) is 0 Å². The van der Waals surface area contributed by atoms with Gasteiger partial charge in [-0.1, -0.05) is 0 Å². The first-order chi connectivity index (χ1) is 8.84. The van der Waals surface area contributed by atoms with Gasteiger partial charge in [0.05, 0.1) is 5.56 Å². The van der Waals surface area contributed by atoms with Gasteiger partial charge < -0.3 is 11.1 Å². The van der Waals surface area contributed by atoms with Crippen LogP contribution in [0.3, 0.4) is 0 Å². The summed E-state index contributed by atoms with van der Waals surface area (Å²) in [5, 5.41) is 2.50. The molecule has 0 saturated heterocycles. The molecule has 3 N–H and O–H groups in total. The maximum atomic E-state index is 12.4. The zero-order valence-corrected chi connectivity index (χ0v) is 11.2. The zero-order chi connectivity index (χ0) is 14.5. The second-order valence-electron chi connectivity index (χ2n) is 3.88. The molecular weight excluding hydrogens is 277 g/mol. The lowest BCUT2D eigenvalue weighted by molar-refractivity contribution is -0.137. The van der Waals surface area contributed by atoms with E-state index >= 15 is 0 Å². The topological polar surface area (TPSA) is 55.1 Å². The Kier molecular flexibility index (Phi) is 5.53. The second kappa shape index (κ2) is 6.70. The number of nitrogens with one attached hydrogen (secondary N) is 1. The van der Waals surface area contributed by atoms with Gasteiger partial charge in [0.15, 0.2) is 0 Å². The summed E-state index contributed by atoms with van der Waals surface area (Å²) in [7, 11) is 1.56. The smallest absolute Gasteiger partial charge is 0.398 e. The number of nitrogens with two attached hydrogens (primary N) is 1. The van der Waals surface area contributed by atoms with E-state index in [0.717, 1.165) is 12.1 Å². The molecule has 7 heteroatoms. The third kappa shape index (κ3) is 5.02. The Morgan fingerprint density at radius 1 is 1.42 bits per heavy atom. The van der Waals surface area contributed by atoms with E-state index < -0.39 is 11.7 Å². The third-order valence-corrected chi connectivity index (χ3v) is 3.60. The lowest BCUT2D eigenvalue weighted by Gasteiger charge is -2.10. The van der Waals surface area contributed by atoms with E-state index in [1.54, 1.807) is 7.05 Å². The van der Waals surface area contributed by atoms with Gasteiger partial charge in [0.1, 0.15) is 0 Å². The van der Waals surface area contributed by atoms with Crippen molar-refractivity contribution in [1.82, 2.24) is 5.32 Å². The number of halogens is 3. The zero-order valence-electron chi connectivity index (χ0n) is 10.4. The van der Waals surface area contributed by atoms with E-state index in [-0.39, 0.29) is 11.6 Å². The number of amides is 1. The monoisotopic (exact) mass is 292 g/mol. The van der Waals surface area contributed by atoms with Crippen molar-refractivity contribution in [2.45, 2.75) is 23.9 Å². The predicted octanol–water partition coefficient (Wildman–Crippen LogP) is 2.91. The van der Waals surface area contributed by atoms with Gasteiger partial charge in [-0.3, -0.25) is 4.79 Å². The van der Waals surface area contributed by atoms with Gasteiger partial charge in [0, 0.05) is 24.1 Å². The van der Waals surface area contributed by atoms with Crippen LogP contribution in [0.5, 0.6) is 0 Å². The van der Waals surface area contributed by atoms with Crippen LogP contribution in [0, 0.1) is 0 Å². The number of benzene rings is 1. The van der Waals surface area contributed by atoms with Crippen LogP contribution in [-0.2, 0) is 11.0 Å². The van der Waals surface area contributed by atoms with Crippen LogP contribution in [-0.4, -0.2) is 18.7 Å². The molecule has 0 unspecified atom stereocenters. The van der Waals surface area contributed by atoms with Crippen molar-refractivity contribution in [2.24, 2.45) is 0 Å². The highest BCUT2D eigenvalue weighted by atomic mass is 32.2. The molecule has 1 rings (SSSR count). The van der Waals surface area contributed by atoms with E-state index in [9.17, 15) is 18.0 Å². The summed E-state index contributed by atoms with van der Waals surface area (Å²) in [6.45, 7) is 0. The summed E-state index contributed by atoms with van der Waals surface area (Å²) in [5.74, 6) is 0.573. The van der Waals surface area contributed by atoms with Gasteiger partial charge >= 0.3 is 6.18 Å². The molecule has 0 fully saturated rings. The minimum atomic E-state index is -4.38. The number of carbonyl (C=O) groups excluding carboxylic acids is 1. The maximum absolute atomic E-state index is 12.4. The number of nitrogen functional groups attached to an aromatic ring is 1. The van der Waals surface area contributed by atoms with E-state index in [2.05, 4.69) is 5.32 Å². The van der Waals surface area contributed by atoms with Crippen molar-refractivity contribution in [3.05, 3.63) is 23.8 Å². The fourth-order valence-electron chi connectivity index (χ4n) is 1.40. The second-order valence-corrected chi connectivity index (χ2v) is 5.01. The van der Waals surface area contributed by atoms with Crippen LogP contribution < -0.4 is 11.1 Å². The molecule has 0 aliphatic rings. The number of carbonyl (C=O) groups is 1. The molecule has 1 aromatic carbocycles. The number of alkyl halides is 3. The number of thioether (sulfide) groups is 1. The highest BCUT2D eigenvalue weighted by Crippen LogP contribution is 2.34. The molecule has 0 aromatic heterocycles. The van der Waals surface area contributed by atoms with Gasteiger partial charge in [-0.2, -0.15) is 13.2 Å². The number of hydrogen-bond donors (Lipinski definition) is 2. The number of anilines is 1. The molecule has 0 aliphatic carbocycles. The molecular formula is C12H15F3N2OS. The first-order valence-electron chi connectivity index (χ1n) is 5.64. The Labute approximate surface area is 113 Å². The van der Waals surface area contributed by atoms with Crippen LogP contribution >= 0.6 is 11.8 Å². The summed E-state index contributed by atoms with van der Waals surface area (Å²) >= 11 is 1.35. The Bertz CT molecular complexity index is 449. The molecule has 0 atom stereocenters. The van der Waals surface area contributed by atoms with E-state index in [1.165, 1.54) is 17.8 Å². The number of rotatable bonds is 5. The molecule has 19 heavy (non-hydrogen) atoms. The van der Waals surface area contributed by atoms with Crippen LogP contribution in [0.15, 0.2) is 23.1 Å². The largest absolute Gasteiger partial charge is 0.416 e. The summed E-state index contributed by atoms with van der Waals surface area (Å²) in [6.07, 6.45) is -3.34. The fourth-order valence-corrected chi connectivity index (χ4v) is 2.29. The van der Waals surface area contributed by atoms with Crippen LogP contribution in [0.25, 0.3) is 0 Å². The Morgan fingerprint density at radius 2 is 2.11 bits per heavy atom. The van der Waals surface area contributed by atoms with E-state index in [4.69, 9.17) is 5.73 Å². The van der Waals surface area contributed by atoms with E-state index in [1.807, 2.05) is 0 Å². The van der Waals surface area contributed by atoms with Gasteiger partial charge in [-0.05, 0) is 30.4 Å². The molecule has 3 nitrogen and oxygen atoms in total. The quantitative estimate of drug-likeness (QED) is 0.498. The highest BCUT2D eigenvalue weighted by Gasteiger charge is 2.30. The minimum absolute atomic E-state index is 0.0546. The Balaban J connectivity index is 2.54. The molecule has 0 saturated carbocycles. The van der Waals surface area contributed by atoms with E-state index in [0.29, 0.717) is 23.5 Å². The van der Waals surface area contributed by atoms with Crippen molar-refractivity contribution in [3.8, 4) is 0 Å². The average Bonchev–Trinajstić information content (AvgIpc) is 2.34. The highest BCUT2D eigenvalue weighted by molar-refractivity contribution is 7.99. The van der Waals surface area contributed by atoms with Gasteiger partial charge in [0.25, 0.3) is 0 Å². The molecule has 0 aliphatic heterocycles. The Hall–Kier alpha value is -1.37. The molecule has 0 radical (unpaired) electrons. The standard InChI is InChI=1S/C12H15F3N2OS/c1-17-11(18)3-2-6-19-10-5-4-8(7-9(10)16)12(13,14)15/h4-5,7H,2-3,6,16H2,1H3,(H,17,18). The lowest BCUT2D eigenvalue weighted by atomic mass is 10.2. The van der Waals surface area contributed by atoms with Crippen LogP contribution in [0.4, 0.5) is 18.9 Å². The SMILES string of the molecule is CNC(=O)CCCSc1ccc(C(F)(F)F)cc1N. The summed E-state index contributed by atoms with van der Waals surface area (Å²) in [6, 6.07) is 3.31. The molecule has 106 valence electrons. The first-order valence-corrected chi connectivity index (χ1v) is 6.63. The summed E-state index contributed by atoms with van der Waals surface area (Å²) in [4.78, 5) is 11.6. The normalized spacial score (nSPS) is 11.4. The minimum Gasteiger partial charge on any atom is -0.398 e. The Morgan fingerprint density at radius 3 is 2.63 bits per heavy atom. The summed E-state index contributed by atoms with van der Waals surface area (Å²) in [5.41, 5.74) is 4.95. The summed E-state index contributed by atoms with van der Waals surface area (Å²) < 4.78 is 37.3. The molecule has 0 bridgehead atoms. The third-order valence-electron chi connectivity index (χ3n) is 2.42. The predicted molar refractivity (Wildman–Crippen MR) is 69.9 cm³/mol. The first kappa shape index (κ1) is 15.7.